The molecule has 0 amide bonds. The Morgan fingerprint density at radius 1 is 1.90 bits per heavy atom. The summed E-state index contributed by atoms with van der Waals surface area (Å²) in [4.78, 5) is 13.8. The molecule has 5 heteroatoms. The minimum Gasteiger partial charge on any atom is -0.480 e. The number of nitrogens with zero attached hydrogens (tertiary/aromatic N) is 1. The molecule has 56 valence electrons. The van der Waals surface area contributed by atoms with Crippen LogP contribution in [0.4, 0.5) is 0 Å². The highest BCUT2D eigenvalue weighted by Gasteiger charge is 2.17. The fourth-order valence-corrected chi connectivity index (χ4v) is 0.701. The molecule has 0 fully saturated rings. The molecule has 1 atom stereocenters. The topological polar surface area (TPSA) is 73.5 Å². The number of aliphatic imine (C=N–C) groups is 1. The molecular formula is C5H7BrN2O2. The fourth-order valence-electron chi connectivity index (χ4n) is 0.387. The standard InChI is InChI=1S/C5H7BrN2O2/c1-8-2-3(4(6)7)5(9)10/h2-3,7H,1H3,(H,9,10). The van der Waals surface area contributed by atoms with Crippen molar-refractivity contribution < 1.29 is 9.90 Å². The Kier molecular flexibility index (Phi) is 3.87. The van der Waals surface area contributed by atoms with Gasteiger partial charge in [0.1, 0.15) is 5.92 Å². The molecule has 0 aromatic rings. The van der Waals surface area contributed by atoms with Crippen LogP contribution in [-0.4, -0.2) is 29.0 Å². The SMILES string of the molecule is CN=CC(C(=N)Br)C(=O)O. The van der Waals surface area contributed by atoms with E-state index in [2.05, 4.69) is 20.9 Å². The van der Waals surface area contributed by atoms with Crippen molar-refractivity contribution in [2.24, 2.45) is 10.9 Å². The highest BCUT2D eigenvalue weighted by molar-refractivity contribution is 9.18. The quantitative estimate of drug-likeness (QED) is 0.670. The van der Waals surface area contributed by atoms with Gasteiger partial charge in [-0.2, -0.15) is 0 Å². The Labute approximate surface area is 66.6 Å². The van der Waals surface area contributed by atoms with E-state index in [4.69, 9.17) is 10.5 Å². The van der Waals surface area contributed by atoms with Crippen molar-refractivity contribution in [3.8, 4) is 0 Å². The Morgan fingerprint density at radius 2 is 2.40 bits per heavy atom. The van der Waals surface area contributed by atoms with Crippen LogP contribution in [0, 0.1) is 11.3 Å². The summed E-state index contributed by atoms with van der Waals surface area (Å²) in [5.74, 6) is -2.02. The smallest absolute Gasteiger partial charge is 0.318 e. The van der Waals surface area contributed by atoms with Gasteiger partial charge in [0, 0.05) is 13.3 Å². The third-order valence-corrected chi connectivity index (χ3v) is 1.33. The summed E-state index contributed by atoms with van der Waals surface area (Å²) in [6, 6.07) is 0. The van der Waals surface area contributed by atoms with Crippen molar-refractivity contribution >= 4 is 32.7 Å². The van der Waals surface area contributed by atoms with Gasteiger partial charge < -0.3 is 5.11 Å². The van der Waals surface area contributed by atoms with Gasteiger partial charge in [-0.1, -0.05) is 0 Å². The largest absolute Gasteiger partial charge is 0.480 e. The Hall–Kier alpha value is -0.710. The zero-order valence-corrected chi connectivity index (χ0v) is 6.92. The van der Waals surface area contributed by atoms with E-state index in [1.54, 1.807) is 0 Å². The summed E-state index contributed by atoms with van der Waals surface area (Å²) in [7, 11) is 1.46. The number of nitrogens with one attached hydrogen (secondary N) is 1. The van der Waals surface area contributed by atoms with Gasteiger partial charge in [0.2, 0.25) is 0 Å². The maximum absolute atomic E-state index is 10.3. The highest BCUT2D eigenvalue weighted by atomic mass is 79.9. The van der Waals surface area contributed by atoms with Crippen LogP contribution in [0.5, 0.6) is 0 Å². The van der Waals surface area contributed by atoms with E-state index in [-0.39, 0.29) is 4.62 Å². The second-order valence-electron chi connectivity index (χ2n) is 1.57. The second kappa shape index (κ2) is 4.16. The zero-order chi connectivity index (χ0) is 8.15. The third kappa shape index (κ3) is 2.72. The van der Waals surface area contributed by atoms with Crippen molar-refractivity contribution in [1.29, 1.82) is 5.41 Å². The molecule has 10 heavy (non-hydrogen) atoms. The van der Waals surface area contributed by atoms with E-state index >= 15 is 0 Å². The molecule has 0 spiro atoms. The molecule has 0 saturated heterocycles. The van der Waals surface area contributed by atoms with Crippen molar-refractivity contribution in [1.82, 2.24) is 0 Å². The predicted molar refractivity (Wildman–Crippen MR) is 42.2 cm³/mol. The van der Waals surface area contributed by atoms with E-state index in [0.717, 1.165) is 0 Å². The lowest BCUT2D eigenvalue weighted by atomic mass is 10.2. The lowest BCUT2D eigenvalue weighted by Crippen LogP contribution is -2.20. The Bertz CT molecular complexity index is 164. The van der Waals surface area contributed by atoms with Crippen molar-refractivity contribution in [2.75, 3.05) is 7.05 Å². The van der Waals surface area contributed by atoms with Crippen LogP contribution in [0.3, 0.4) is 0 Å². The molecule has 0 aliphatic carbocycles. The second-order valence-corrected chi connectivity index (χ2v) is 2.43. The lowest BCUT2D eigenvalue weighted by molar-refractivity contribution is -0.137. The highest BCUT2D eigenvalue weighted by Crippen LogP contribution is 2.01. The molecule has 4 nitrogen and oxygen atoms in total. The number of halogens is 1. The molecule has 0 radical (unpaired) electrons. The van der Waals surface area contributed by atoms with Crippen LogP contribution in [0.1, 0.15) is 0 Å². The van der Waals surface area contributed by atoms with Gasteiger partial charge in [0.15, 0.2) is 0 Å². The van der Waals surface area contributed by atoms with Gasteiger partial charge in [-0.05, 0) is 15.9 Å². The summed E-state index contributed by atoms with van der Waals surface area (Å²) in [5, 5.41) is 15.3. The van der Waals surface area contributed by atoms with E-state index in [9.17, 15) is 4.79 Å². The molecule has 0 aliphatic rings. The van der Waals surface area contributed by atoms with E-state index in [0.29, 0.717) is 0 Å². The maximum Gasteiger partial charge on any atom is 0.318 e. The van der Waals surface area contributed by atoms with E-state index in [1.165, 1.54) is 13.3 Å². The normalized spacial score (nSPS) is 13.4. The molecule has 0 aromatic carbocycles. The minimum atomic E-state index is -1.08. The minimum absolute atomic E-state index is 0.0920. The Balaban J connectivity index is 4.27. The number of aliphatic carboxylic acids is 1. The predicted octanol–water partition coefficient (Wildman–Crippen LogP) is 0.760. The first-order valence-electron chi connectivity index (χ1n) is 2.48. The molecule has 0 saturated carbocycles. The first-order chi connectivity index (χ1) is 4.59. The van der Waals surface area contributed by atoms with Gasteiger partial charge in [0.05, 0.1) is 4.62 Å². The molecule has 0 aliphatic heterocycles. The maximum atomic E-state index is 10.3. The van der Waals surface area contributed by atoms with Gasteiger partial charge >= 0.3 is 5.97 Å². The van der Waals surface area contributed by atoms with Crippen LogP contribution >= 0.6 is 15.9 Å². The number of carboxylic acid groups (broad SMARTS) is 1. The van der Waals surface area contributed by atoms with E-state index in [1.807, 2.05) is 0 Å². The van der Waals surface area contributed by atoms with Crippen molar-refractivity contribution in [2.45, 2.75) is 0 Å². The summed E-state index contributed by atoms with van der Waals surface area (Å²) >= 11 is 2.75. The fraction of sp³-hybridized carbons (Fsp3) is 0.400. The molecule has 2 N–H and O–H groups in total. The van der Waals surface area contributed by atoms with Crippen LogP contribution in [0.2, 0.25) is 0 Å². The summed E-state index contributed by atoms with van der Waals surface area (Å²) in [6.45, 7) is 0. The summed E-state index contributed by atoms with van der Waals surface area (Å²) in [5.41, 5.74) is 0. The van der Waals surface area contributed by atoms with Crippen molar-refractivity contribution in [3.63, 3.8) is 0 Å². The summed E-state index contributed by atoms with van der Waals surface area (Å²) in [6.07, 6.45) is 1.19. The van der Waals surface area contributed by atoms with E-state index < -0.39 is 11.9 Å². The van der Waals surface area contributed by atoms with Gasteiger partial charge in [0.25, 0.3) is 0 Å². The number of hydrogen-bond acceptors (Lipinski definition) is 3. The average Bonchev–Trinajstić information content (AvgIpc) is 1.81. The summed E-state index contributed by atoms with van der Waals surface area (Å²) < 4.78 is -0.0920. The first-order valence-corrected chi connectivity index (χ1v) is 3.28. The molecule has 1 unspecified atom stereocenters. The molecular weight excluding hydrogens is 200 g/mol. The van der Waals surface area contributed by atoms with Gasteiger partial charge in [-0.15, -0.1) is 0 Å². The van der Waals surface area contributed by atoms with Gasteiger partial charge in [-0.3, -0.25) is 15.2 Å². The van der Waals surface area contributed by atoms with Crippen molar-refractivity contribution in [3.05, 3.63) is 0 Å². The first kappa shape index (κ1) is 9.29. The lowest BCUT2D eigenvalue weighted by Gasteiger charge is -1.99. The molecule has 0 rings (SSSR count). The number of rotatable bonds is 3. The van der Waals surface area contributed by atoms with Crippen LogP contribution < -0.4 is 0 Å². The number of carboxylic acids is 1. The molecule has 0 bridgehead atoms. The zero-order valence-electron chi connectivity index (χ0n) is 5.34. The molecule has 0 heterocycles. The average molecular weight is 207 g/mol. The van der Waals surface area contributed by atoms with Crippen LogP contribution in [-0.2, 0) is 4.79 Å². The Morgan fingerprint density at radius 3 is 2.50 bits per heavy atom. The van der Waals surface area contributed by atoms with Crippen LogP contribution in [0.15, 0.2) is 4.99 Å². The van der Waals surface area contributed by atoms with Crippen LogP contribution in [0.25, 0.3) is 0 Å². The van der Waals surface area contributed by atoms with Gasteiger partial charge in [-0.25, -0.2) is 0 Å². The monoisotopic (exact) mass is 206 g/mol. The number of carbonyl (C=O) groups is 1. The third-order valence-electron chi connectivity index (χ3n) is 0.837. The number of hydrogen-bond donors (Lipinski definition) is 2. The molecule has 0 aromatic heterocycles.